The molecule has 0 aliphatic carbocycles. The van der Waals surface area contributed by atoms with Crippen molar-refractivity contribution in [2.45, 2.75) is 20.0 Å². The molecule has 2 rings (SSSR count). The van der Waals surface area contributed by atoms with Gasteiger partial charge in [0.2, 0.25) is 0 Å². The van der Waals surface area contributed by atoms with E-state index in [1.807, 2.05) is 30.2 Å². The highest BCUT2D eigenvalue weighted by molar-refractivity contribution is 7.15. The second-order valence-corrected chi connectivity index (χ2v) is 5.40. The molecule has 0 bridgehead atoms. The summed E-state index contributed by atoms with van der Waals surface area (Å²) in [5, 5.41) is 4.23. The van der Waals surface area contributed by atoms with Crippen molar-refractivity contribution in [1.29, 1.82) is 0 Å². The van der Waals surface area contributed by atoms with Crippen LogP contribution in [0.4, 0.5) is 5.13 Å². The maximum Gasteiger partial charge on any atom is 0.182 e. The second-order valence-electron chi connectivity index (χ2n) is 4.29. The Bertz CT molecular complexity index is 490. The molecular formula is C12H19N5S. The smallest absolute Gasteiger partial charge is 0.182 e. The molecule has 0 aliphatic rings. The van der Waals surface area contributed by atoms with Crippen LogP contribution in [0.15, 0.2) is 18.6 Å². The van der Waals surface area contributed by atoms with Crippen LogP contribution in [0.1, 0.15) is 17.6 Å². The lowest BCUT2D eigenvalue weighted by Crippen LogP contribution is -2.18. The first-order valence-electron chi connectivity index (χ1n) is 6.02. The van der Waals surface area contributed by atoms with E-state index in [4.69, 9.17) is 0 Å². The molecule has 0 spiro atoms. The molecule has 1 N–H and O–H groups in total. The molecule has 0 saturated carbocycles. The molecule has 0 amide bonds. The Morgan fingerprint density at radius 2 is 2.22 bits per heavy atom. The molecule has 0 saturated heterocycles. The predicted molar refractivity (Wildman–Crippen MR) is 74.7 cm³/mol. The van der Waals surface area contributed by atoms with E-state index >= 15 is 0 Å². The summed E-state index contributed by atoms with van der Waals surface area (Å²) in [6, 6.07) is 0. The molecule has 0 aliphatic heterocycles. The predicted octanol–water partition coefficient (Wildman–Crippen LogP) is 1.94. The topological polar surface area (TPSA) is 46.0 Å². The first-order chi connectivity index (χ1) is 8.69. The van der Waals surface area contributed by atoms with Gasteiger partial charge in [-0.3, -0.25) is 4.90 Å². The van der Waals surface area contributed by atoms with Crippen LogP contribution in [-0.2, 0) is 20.1 Å². The zero-order valence-electron chi connectivity index (χ0n) is 11.1. The molecule has 2 heterocycles. The van der Waals surface area contributed by atoms with E-state index < -0.39 is 0 Å². The van der Waals surface area contributed by atoms with Crippen LogP contribution in [0.2, 0.25) is 0 Å². The van der Waals surface area contributed by atoms with Gasteiger partial charge in [0.1, 0.15) is 5.82 Å². The van der Waals surface area contributed by atoms with E-state index in [0.717, 1.165) is 30.6 Å². The minimum atomic E-state index is 0.845. The first-order valence-corrected chi connectivity index (χ1v) is 6.84. The first kappa shape index (κ1) is 13.0. The Morgan fingerprint density at radius 3 is 2.89 bits per heavy atom. The van der Waals surface area contributed by atoms with Crippen LogP contribution in [0.25, 0.3) is 0 Å². The van der Waals surface area contributed by atoms with Crippen LogP contribution in [-0.4, -0.2) is 33.0 Å². The van der Waals surface area contributed by atoms with Gasteiger partial charge < -0.3 is 9.88 Å². The van der Waals surface area contributed by atoms with E-state index in [0.29, 0.717) is 0 Å². The van der Waals surface area contributed by atoms with Crippen LogP contribution < -0.4 is 5.32 Å². The third-order valence-electron chi connectivity index (χ3n) is 2.64. The third-order valence-corrected chi connectivity index (χ3v) is 3.58. The Kier molecular flexibility index (Phi) is 4.33. The molecule has 5 nitrogen and oxygen atoms in total. The number of hydrogen-bond donors (Lipinski definition) is 1. The number of aromatic nitrogens is 3. The minimum Gasteiger partial charge on any atom is -0.362 e. The summed E-state index contributed by atoms with van der Waals surface area (Å²) in [5.74, 6) is 1.08. The Morgan fingerprint density at radius 1 is 1.39 bits per heavy atom. The fraction of sp³-hybridized carbons (Fsp3) is 0.500. The largest absolute Gasteiger partial charge is 0.362 e. The van der Waals surface area contributed by atoms with Crippen molar-refractivity contribution in [3.63, 3.8) is 0 Å². The number of hydrogen-bond acceptors (Lipinski definition) is 5. The summed E-state index contributed by atoms with van der Waals surface area (Å²) >= 11 is 1.71. The number of nitrogens with zero attached hydrogens (tertiary/aromatic N) is 4. The maximum atomic E-state index is 4.33. The van der Waals surface area contributed by atoms with Crippen LogP contribution in [0.3, 0.4) is 0 Å². The Balaban J connectivity index is 1.90. The van der Waals surface area contributed by atoms with Gasteiger partial charge in [-0.05, 0) is 14.0 Å². The Labute approximate surface area is 111 Å². The van der Waals surface area contributed by atoms with E-state index in [1.54, 1.807) is 11.3 Å². The molecule has 0 unspecified atom stereocenters. The van der Waals surface area contributed by atoms with Crippen LogP contribution in [0, 0.1) is 0 Å². The highest BCUT2D eigenvalue weighted by Gasteiger charge is 2.07. The number of imidazole rings is 1. The molecule has 2 aromatic rings. The molecular weight excluding hydrogens is 246 g/mol. The average Bonchev–Trinajstić information content (AvgIpc) is 2.90. The van der Waals surface area contributed by atoms with E-state index in [1.165, 1.54) is 4.88 Å². The zero-order chi connectivity index (χ0) is 13.0. The minimum absolute atomic E-state index is 0.845. The summed E-state index contributed by atoms with van der Waals surface area (Å²) in [7, 11) is 4.12. The lowest BCUT2D eigenvalue weighted by molar-refractivity contribution is 0.309. The summed E-state index contributed by atoms with van der Waals surface area (Å²) in [4.78, 5) is 12.2. The van der Waals surface area contributed by atoms with Gasteiger partial charge in [-0.15, -0.1) is 11.3 Å². The highest BCUT2D eigenvalue weighted by atomic mass is 32.1. The van der Waals surface area contributed by atoms with E-state index in [2.05, 4.69) is 34.2 Å². The van der Waals surface area contributed by atoms with Gasteiger partial charge in [0.05, 0.1) is 6.54 Å². The molecule has 18 heavy (non-hydrogen) atoms. The maximum absolute atomic E-state index is 4.33. The van der Waals surface area contributed by atoms with Crippen LogP contribution in [0.5, 0.6) is 0 Å². The van der Waals surface area contributed by atoms with Crippen molar-refractivity contribution in [3.8, 4) is 0 Å². The van der Waals surface area contributed by atoms with Gasteiger partial charge in [0, 0.05) is 43.6 Å². The fourth-order valence-corrected chi connectivity index (χ4v) is 2.69. The quantitative estimate of drug-likeness (QED) is 0.867. The summed E-state index contributed by atoms with van der Waals surface area (Å²) in [6.07, 6.45) is 5.75. The second kappa shape index (κ2) is 5.97. The molecule has 98 valence electrons. The molecule has 0 aromatic carbocycles. The standard InChI is InChI=1S/C12H19N5S/c1-4-13-12-15-7-10(18-12)8-16(2)9-11-14-5-6-17(11)3/h5-7H,4,8-9H2,1-3H3,(H,13,15). The SMILES string of the molecule is CCNc1ncc(CN(C)Cc2nccn2C)s1. The van der Waals surface area contributed by atoms with Gasteiger partial charge in [-0.1, -0.05) is 0 Å². The normalized spacial score (nSPS) is 11.1. The van der Waals surface area contributed by atoms with Gasteiger partial charge in [-0.25, -0.2) is 9.97 Å². The average molecular weight is 265 g/mol. The van der Waals surface area contributed by atoms with Gasteiger partial charge in [0.15, 0.2) is 5.13 Å². The monoisotopic (exact) mass is 265 g/mol. The van der Waals surface area contributed by atoms with Crippen LogP contribution >= 0.6 is 11.3 Å². The van der Waals surface area contributed by atoms with Gasteiger partial charge >= 0.3 is 0 Å². The number of rotatable bonds is 6. The number of nitrogens with one attached hydrogen (secondary N) is 1. The van der Waals surface area contributed by atoms with Crippen molar-refractivity contribution >= 4 is 16.5 Å². The molecule has 0 fully saturated rings. The molecule has 0 radical (unpaired) electrons. The van der Waals surface area contributed by atoms with Crippen molar-refractivity contribution in [2.24, 2.45) is 7.05 Å². The zero-order valence-corrected chi connectivity index (χ0v) is 11.9. The van der Waals surface area contributed by atoms with Crippen molar-refractivity contribution in [3.05, 3.63) is 29.3 Å². The van der Waals surface area contributed by atoms with Crippen molar-refractivity contribution < 1.29 is 0 Å². The lowest BCUT2D eigenvalue weighted by Gasteiger charge is -2.14. The van der Waals surface area contributed by atoms with Crippen molar-refractivity contribution in [1.82, 2.24) is 19.4 Å². The number of aryl methyl sites for hydroxylation is 1. The van der Waals surface area contributed by atoms with Gasteiger partial charge in [-0.2, -0.15) is 0 Å². The number of anilines is 1. The van der Waals surface area contributed by atoms with E-state index in [-0.39, 0.29) is 0 Å². The summed E-state index contributed by atoms with van der Waals surface area (Å²) in [5.41, 5.74) is 0. The molecule has 0 atom stereocenters. The third kappa shape index (κ3) is 3.30. The van der Waals surface area contributed by atoms with Crippen molar-refractivity contribution in [2.75, 3.05) is 18.9 Å². The number of thiazole rings is 1. The lowest BCUT2D eigenvalue weighted by atomic mass is 10.4. The molecule has 2 aromatic heterocycles. The van der Waals surface area contributed by atoms with Gasteiger partial charge in [0.25, 0.3) is 0 Å². The summed E-state index contributed by atoms with van der Waals surface area (Å²) in [6.45, 7) is 4.73. The van der Waals surface area contributed by atoms with E-state index in [9.17, 15) is 0 Å². The summed E-state index contributed by atoms with van der Waals surface area (Å²) < 4.78 is 2.05. The molecule has 6 heteroatoms. The fourth-order valence-electron chi connectivity index (χ4n) is 1.73. The highest BCUT2D eigenvalue weighted by Crippen LogP contribution is 2.19. The Hall–Kier alpha value is -1.40.